The molecule has 0 fully saturated rings. The van der Waals surface area contributed by atoms with Gasteiger partial charge in [-0.2, -0.15) is 0 Å². The molecule has 2 aromatic carbocycles. The Morgan fingerprint density at radius 2 is 1.04 bits per heavy atom. The van der Waals surface area contributed by atoms with Gasteiger partial charge in [0.25, 0.3) is 0 Å². The predicted molar refractivity (Wildman–Crippen MR) is 180 cm³/mol. The van der Waals surface area contributed by atoms with E-state index in [0.29, 0.717) is 23.1 Å². The standard InChI is InChI=1S/C30H50O6.C8H4O3/c1-2-3-4-5-6-7-8-9-10-11-12-13-14-15-19-22-28(33)35-25-30(23-31,24-32)26-36-29(34)27-20-17-16-18-21-27;9-7-5-3-1-2-4-6(5)8(10)11-7/h16-18,20-21,31-32H,2-15,19,22-26H2,1H3;1-4H. The molecule has 9 nitrogen and oxygen atoms in total. The maximum Gasteiger partial charge on any atom is 0.346 e. The average molecular weight is 655 g/mol. The summed E-state index contributed by atoms with van der Waals surface area (Å²) in [6.07, 6.45) is 19.3. The van der Waals surface area contributed by atoms with Gasteiger partial charge in [-0.3, -0.25) is 4.79 Å². The highest BCUT2D eigenvalue weighted by Crippen LogP contribution is 2.20. The monoisotopic (exact) mass is 654 g/mol. The summed E-state index contributed by atoms with van der Waals surface area (Å²) in [4.78, 5) is 45.9. The number of benzene rings is 2. The van der Waals surface area contributed by atoms with Gasteiger partial charge in [-0.15, -0.1) is 0 Å². The van der Waals surface area contributed by atoms with Crippen molar-refractivity contribution in [3.63, 3.8) is 0 Å². The SMILES string of the molecule is CCCCCCCCCCCCCCCCCC(=O)OCC(CO)(CO)COC(=O)c1ccccc1.O=C1OC(=O)c2ccccc21. The normalized spacial score (nSPS) is 12.1. The molecule has 47 heavy (non-hydrogen) atoms. The van der Waals surface area contributed by atoms with Gasteiger partial charge in [0.05, 0.1) is 35.3 Å². The maximum absolute atomic E-state index is 12.1. The van der Waals surface area contributed by atoms with Gasteiger partial charge >= 0.3 is 23.9 Å². The second-order valence-electron chi connectivity index (χ2n) is 12.3. The van der Waals surface area contributed by atoms with E-state index in [-0.39, 0.29) is 19.2 Å². The molecule has 0 amide bonds. The molecule has 0 saturated carbocycles. The molecule has 0 saturated heterocycles. The molecule has 0 aliphatic carbocycles. The number of aliphatic hydroxyl groups is 2. The fraction of sp³-hybridized carbons (Fsp3) is 0.579. The zero-order valence-corrected chi connectivity index (χ0v) is 28.1. The third-order valence-electron chi connectivity index (χ3n) is 8.27. The number of cyclic esters (lactones) is 2. The Balaban J connectivity index is 0.000000577. The van der Waals surface area contributed by atoms with Crippen LogP contribution in [-0.4, -0.2) is 60.5 Å². The van der Waals surface area contributed by atoms with Crippen molar-refractivity contribution in [3.8, 4) is 0 Å². The molecule has 1 heterocycles. The fourth-order valence-electron chi connectivity index (χ4n) is 5.13. The van der Waals surface area contributed by atoms with Crippen LogP contribution in [0.3, 0.4) is 0 Å². The quantitative estimate of drug-likeness (QED) is 0.0537. The lowest BCUT2D eigenvalue weighted by atomic mass is 9.92. The van der Waals surface area contributed by atoms with Crippen LogP contribution in [0.15, 0.2) is 54.6 Å². The van der Waals surface area contributed by atoms with Crippen molar-refractivity contribution in [2.45, 2.75) is 110 Å². The van der Waals surface area contributed by atoms with Crippen LogP contribution >= 0.6 is 0 Å². The lowest BCUT2D eigenvalue weighted by Crippen LogP contribution is -2.41. The molecule has 260 valence electrons. The molecule has 0 atom stereocenters. The molecule has 0 unspecified atom stereocenters. The number of esters is 4. The van der Waals surface area contributed by atoms with Gasteiger partial charge in [-0.05, 0) is 30.7 Å². The van der Waals surface area contributed by atoms with Gasteiger partial charge in [0.1, 0.15) is 13.2 Å². The highest BCUT2D eigenvalue weighted by molar-refractivity contribution is 6.14. The van der Waals surface area contributed by atoms with Gasteiger partial charge < -0.3 is 24.4 Å². The molecular weight excluding hydrogens is 600 g/mol. The molecule has 0 spiro atoms. The summed E-state index contributed by atoms with van der Waals surface area (Å²) in [5.74, 6) is -2.01. The van der Waals surface area contributed by atoms with Gasteiger partial charge in [-0.1, -0.05) is 127 Å². The van der Waals surface area contributed by atoms with Gasteiger partial charge in [0.2, 0.25) is 0 Å². The Labute approximate surface area is 280 Å². The summed E-state index contributed by atoms with van der Waals surface area (Å²) in [5, 5.41) is 19.5. The van der Waals surface area contributed by atoms with Crippen molar-refractivity contribution in [2.24, 2.45) is 5.41 Å². The fourth-order valence-corrected chi connectivity index (χ4v) is 5.13. The van der Waals surface area contributed by atoms with Crippen LogP contribution in [0.2, 0.25) is 0 Å². The zero-order chi connectivity index (χ0) is 34.2. The molecular formula is C38H54O9. The average Bonchev–Trinajstić information content (AvgIpc) is 3.40. The van der Waals surface area contributed by atoms with Crippen molar-refractivity contribution >= 4 is 23.9 Å². The first kappa shape index (κ1) is 39.6. The van der Waals surface area contributed by atoms with E-state index >= 15 is 0 Å². The minimum atomic E-state index is -1.21. The summed E-state index contributed by atoms with van der Waals surface area (Å²) in [7, 11) is 0. The van der Waals surface area contributed by atoms with Crippen LogP contribution in [0.4, 0.5) is 0 Å². The van der Waals surface area contributed by atoms with Crippen LogP contribution < -0.4 is 0 Å². The first-order valence-corrected chi connectivity index (χ1v) is 17.3. The van der Waals surface area contributed by atoms with E-state index in [9.17, 15) is 29.4 Å². The zero-order valence-electron chi connectivity index (χ0n) is 28.1. The number of fused-ring (bicyclic) bond motifs is 1. The second kappa shape index (κ2) is 23.7. The van der Waals surface area contributed by atoms with Gasteiger partial charge in [-0.25, -0.2) is 14.4 Å². The number of carbonyl (C=O) groups is 4. The highest BCUT2D eigenvalue weighted by atomic mass is 16.6. The maximum atomic E-state index is 12.1. The number of ether oxygens (including phenoxy) is 3. The Bertz CT molecular complexity index is 1160. The Morgan fingerprint density at radius 3 is 1.51 bits per heavy atom. The van der Waals surface area contributed by atoms with Crippen molar-refractivity contribution in [1.82, 2.24) is 0 Å². The Hall–Kier alpha value is -3.56. The van der Waals surface area contributed by atoms with E-state index in [2.05, 4.69) is 11.7 Å². The first-order valence-electron chi connectivity index (χ1n) is 17.3. The van der Waals surface area contributed by atoms with Crippen LogP contribution in [0.5, 0.6) is 0 Å². The first-order chi connectivity index (χ1) is 22.9. The van der Waals surface area contributed by atoms with Crippen LogP contribution in [-0.2, 0) is 19.0 Å². The van der Waals surface area contributed by atoms with Crippen LogP contribution in [0.25, 0.3) is 0 Å². The highest BCUT2D eigenvalue weighted by Gasteiger charge is 2.33. The van der Waals surface area contributed by atoms with Crippen molar-refractivity contribution in [1.29, 1.82) is 0 Å². The minimum Gasteiger partial charge on any atom is -0.465 e. The van der Waals surface area contributed by atoms with Gasteiger partial charge in [0, 0.05) is 6.42 Å². The van der Waals surface area contributed by atoms with E-state index < -0.39 is 36.5 Å². The lowest BCUT2D eigenvalue weighted by molar-refractivity contribution is -0.151. The molecule has 2 N–H and O–H groups in total. The number of hydrogen-bond donors (Lipinski definition) is 2. The summed E-state index contributed by atoms with van der Waals surface area (Å²) < 4.78 is 14.9. The summed E-state index contributed by atoms with van der Waals surface area (Å²) >= 11 is 0. The third-order valence-corrected chi connectivity index (χ3v) is 8.27. The number of carbonyl (C=O) groups excluding carboxylic acids is 4. The largest absolute Gasteiger partial charge is 0.465 e. The van der Waals surface area contributed by atoms with Crippen molar-refractivity contribution < 1.29 is 43.6 Å². The molecule has 0 bridgehead atoms. The van der Waals surface area contributed by atoms with Crippen LogP contribution in [0.1, 0.15) is 141 Å². The number of aliphatic hydroxyl groups excluding tert-OH is 2. The van der Waals surface area contributed by atoms with Crippen molar-refractivity contribution in [3.05, 3.63) is 71.3 Å². The minimum absolute atomic E-state index is 0.195. The number of unbranched alkanes of at least 4 members (excludes halogenated alkanes) is 14. The van der Waals surface area contributed by atoms with E-state index in [1.165, 1.54) is 77.0 Å². The van der Waals surface area contributed by atoms with E-state index in [1.807, 2.05) is 0 Å². The topological polar surface area (TPSA) is 136 Å². The third kappa shape index (κ3) is 15.7. The Kier molecular flexibility index (Phi) is 20.0. The molecule has 3 rings (SSSR count). The summed E-state index contributed by atoms with van der Waals surface area (Å²) in [5.41, 5.74) is -0.114. The summed E-state index contributed by atoms with van der Waals surface area (Å²) in [6.45, 7) is 0.906. The number of hydrogen-bond acceptors (Lipinski definition) is 9. The molecule has 0 radical (unpaired) electrons. The van der Waals surface area contributed by atoms with Gasteiger partial charge in [0.15, 0.2) is 0 Å². The van der Waals surface area contributed by atoms with E-state index in [0.717, 1.165) is 19.3 Å². The molecule has 0 aromatic heterocycles. The lowest BCUT2D eigenvalue weighted by Gasteiger charge is -2.28. The molecule has 9 heteroatoms. The molecule has 2 aromatic rings. The Morgan fingerprint density at radius 1 is 0.617 bits per heavy atom. The van der Waals surface area contributed by atoms with E-state index in [4.69, 9.17) is 9.47 Å². The summed E-state index contributed by atoms with van der Waals surface area (Å²) in [6, 6.07) is 15.0. The molecule has 1 aliphatic heterocycles. The smallest absolute Gasteiger partial charge is 0.346 e. The predicted octanol–water partition coefficient (Wildman–Crippen LogP) is 7.62. The molecule has 1 aliphatic rings. The van der Waals surface area contributed by atoms with E-state index in [1.54, 1.807) is 54.6 Å². The second-order valence-corrected chi connectivity index (χ2v) is 12.3. The van der Waals surface area contributed by atoms with Crippen molar-refractivity contribution in [2.75, 3.05) is 26.4 Å². The number of rotatable bonds is 23. The van der Waals surface area contributed by atoms with Crippen LogP contribution in [0, 0.1) is 5.41 Å².